The molecule has 0 saturated heterocycles. The number of nitrogens with zero attached hydrogens (tertiary/aromatic N) is 1. The van der Waals surface area contributed by atoms with Gasteiger partial charge in [-0.1, -0.05) is 71.7 Å². The standard InChI is InChI=1S/C26H15Cl2NO2/c27-15-9-10-19(20(28)13-15)24-22-21(25(30)17-7-3-4-8-18(17)26(22)31)23-16-6-2-1-5-14(16)11-12-29(23)24/h1-10,13H,11-12H2. The van der Waals surface area contributed by atoms with Gasteiger partial charge in [0.15, 0.2) is 11.6 Å². The summed E-state index contributed by atoms with van der Waals surface area (Å²) in [5.41, 5.74) is 6.13. The molecule has 4 aromatic rings. The van der Waals surface area contributed by atoms with E-state index < -0.39 is 0 Å². The van der Waals surface area contributed by atoms with E-state index >= 15 is 0 Å². The molecule has 0 saturated carbocycles. The van der Waals surface area contributed by atoms with Gasteiger partial charge in [-0.2, -0.15) is 0 Å². The Labute approximate surface area is 188 Å². The largest absolute Gasteiger partial charge is 0.339 e. The normalized spacial score (nSPS) is 14.0. The van der Waals surface area contributed by atoms with Crippen LogP contribution in [0.2, 0.25) is 10.0 Å². The SMILES string of the molecule is O=C1c2ccccc2C(=O)c2c1c(-c1ccc(Cl)cc1Cl)n1c2-c2ccccc2CC1. The van der Waals surface area contributed by atoms with Crippen LogP contribution in [0.3, 0.4) is 0 Å². The number of carbonyl (C=O) groups excluding carboxylic acids is 2. The lowest BCUT2D eigenvalue weighted by atomic mass is 9.82. The van der Waals surface area contributed by atoms with Crippen LogP contribution in [0.15, 0.2) is 66.7 Å². The van der Waals surface area contributed by atoms with E-state index in [1.165, 1.54) is 5.56 Å². The molecule has 1 aromatic heterocycles. The number of halogens is 2. The van der Waals surface area contributed by atoms with Gasteiger partial charge < -0.3 is 4.57 Å². The first-order chi connectivity index (χ1) is 15.1. The van der Waals surface area contributed by atoms with Crippen molar-refractivity contribution in [3.05, 3.63) is 105 Å². The Morgan fingerprint density at radius 3 is 1.90 bits per heavy atom. The molecular weight excluding hydrogens is 429 g/mol. The number of hydrogen-bond donors (Lipinski definition) is 0. The third-order valence-corrected chi connectivity index (χ3v) is 6.75. The molecule has 2 aliphatic rings. The smallest absolute Gasteiger partial charge is 0.196 e. The van der Waals surface area contributed by atoms with Gasteiger partial charge in [-0.15, -0.1) is 0 Å². The quantitative estimate of drug-likeness (QED) is 0.298. The van der Waals surface area contributed by atoms with E-state index in [1.54, 1.807) is 36.4 Å². The maximum absolute atomic E-state index is 13.7. The molecule has 0 atom stereocenters. The van der Waals surface area contributed by atoms with Gasteiger partial charge >= 0.3 is 0 Å². The molecule has 2 heterocycles. The summed E-state index contributed by atoms with van der Waals surface area (Å²) in [5.74, 6) is -0.271. The third-order valence-electron chi connectivity index (χ3n) is 6.20. The molecule has 5 heteroatoms. The average molecular weight is 444 g/mol. The monoisotopic (exact) mass is 443 g/mol. The van der Waals surface area contributed by atoms with Crippen LogP contribution in [0.5, 0.6) is 0 Å². The highest BCUT2D eigenvalue weighted by Crippen LogP contribution is 2.46. The van der Waals surface area contributed by atoms with E-state index in [2.05, 4.69) is 10.6 Å². The van der Waals surface area contributed by atoms with Gasteiger partial charge in [0.2, 0.25) is 0 Å². The van der Waals surface area contributed by atoms with Crippen molar-refractivity contribution < 1.29 is 9.59 Å². The number of hydrogen-bond acceptors (Lipinski definition) is 2. The van der Waals surface area contributed by atoms with Gasteiger partial charge in [0.1, 0.15) is 0 Å². The Morgan fingerprint density at radius 1 is 0.677 bits per heavy atom. The predicted octanol–water partition coefficient (Wildman–Crippen LogP) is 6.46. The molecule has 3 nitrogen and oxygen atoms in total. The highest BCUT2D eigenvalue weighted by atomic mass is 35.5. The summed E-state index contributed by atoms with van der Waals surface area (Å²) in [5, 5.41) is 0.972. The molecule has 0 radical (unpaired) electrons. The highest BCUT2D eigenvalue weighted by molar-refractivity contribution is 6.37. The fourth-order valence-electron chi connectivity index (χ4n) is 4.88. The van der Waals surface area contributed by atoms with E-state index in [9.17, 15) is 9.59 Å². The first kappa shape index (κ1) is 18.6. The van der Waals surface area contributed by atoms with E-state index in [0.29, 0.717) is 50.1 Å². The van der Waals surface area contributed by atoms with Crippen LogP contribution in [0.25, 0.3) is 22.5 Å². The summed E-state index contributed by atoms with van der Waals surface area (Å²) < 4.78 is 2.09. The summed E-state index contributed by atoms with van der Waals surface area (Å²) in [6.07, 6.45) is 0.810. The number of carbonyl (C=O) groups is 2. The maximum Gasteiger partial charge on any atom is 0.196 e. The molecule has 0 N–H and O–H groups in total. The Balaban J connectivity index is 1.77. The molecule has 1 aliphatic carbocycles. The molecule has 3 aromatic carbocycles. The van der Waals surface area contributed by atoms with Gasteiger partial charge in [0.25, 0.3) is 0 Å². The van der Waals surface area contributed by atoms with Crippen molar-refractivity contribution in [1.82, 2.24) is 4.57 Å². The van der Waals surface area contributed by atoms with Crippen LogP contribution in [0.1, 0.15) is 37.4 Å². The predicted molar refractivity (Wildman–Crippen MR) is 122 cm³/mol. The minimum absolute atomic E-state index is 0.123. The van der Waals surface area contributed by atoms with Crippen molar-refractivity contribution in [2.75, 3.05) is 0 Å². The van der Waals surface area contributed by atoms with Crippen LogP contribution < -0.4 is 0 Å². The van der Waals surface area contributed by atoms with Gasteiger partial charge in [-0.3, -0.25) is 9.59 Å². The van der Waals surface area contributed by atoms with Crippen molar-refractivity contribution in [2.45, 2.75) is 13.0 Å². The summed E-state index contributed by atoms with van der Waals surface area (Å²) in [6.45, 7) is 0.657. The van der Waals surface area contributed by atoms with E-state index in [0.717, 1.165) is 17.7 Å². The summed E-state index contributed by atoms with van der Waals surface area (Å²) in [6, 6.07) is 20.4. The second kappa shape index (κ2) is 6.68. The van der Waals surface area contributed by atoms with Gasteiger partial charge in [-0.05, 0) is 30.2 Å². The molecule has 6 rings (SSSR count). The third kappa shape index (κ3) is 2.54. The first-order valence-electron chi connectivity index (χ1n) is 10.0. The van der Waals surface area contributed by atoms with E-state index in [4.69, 9.17) is 23.2 Å². The fraction of sp³-hybridized carbons (Fsp3) is 0.0769. The second-order valence-corrected chi connectivity index (χ2v) is 8.68. The van der Waals surface area contributed by atoms with Crippen LogP contribution in [-0.2, 0) is 13.0 Å². The summed E-state index contributed by atoms with van der Waals surface area (Å²) >= 11 is 12.7. The number of rotatable bonds is 1. The summed E-state index contributed by atoms with van der Waals surface area (Å²) in [7, 11) is 0. The average Bonchev–Trinajstić information content (AvgIpc) is 3.13. The number of aromatic nitrogens is 1. The number of aryl methyl sites for hydroxylation is 1. The van der Waals surface area contributed by atoms with Crippen molar-refractivity contribution >= 4 is 34.8 Å². The second-order valence-electron chi connectivity index (χ2n) is 7.83. The molecular formula is C26H15Cl2NO2. The molecule has 0 bridgehead atoms. The van der Waals surface area contributed by atoms with Crippen LogP contribution in [0, 0.1) is 0 Å². The Kier molecular flexibility index (Phi) is 4.01. The van der Waals surface area contributed by atoms with Gasteiger partial charge in [-0.25, -0.2) is 0 Å². The molecule has 0 unspecified atom stereocenters. The van der Waals surface area contributed by atoms with Gasteiger partial charge in [0, 0.05) is 33.8 Å². The zero-order valence-corrected chi connectivity index (χ0v) is 17.8. The minimum Gasteiger partial charge on any atom is -0.339 e. The number of benzene rings is 3. The molecule has 0 spiro atoms. The lowest BCUT2D eigenvalue weighted by Gasteiger charge is -2.22. The van der Waals surface area contributed by atoms with Crippen LogP contribution in [0.4, 0.5) is 0 Å². The lowest BCUT2D eigenvalue weighted by Crippen LogP contribution is -2.20. The Hall–Kier alpha value is -3.14. The van der Waals surface area contributed by atoms with Crippen molar-refractivity contribution in [3.63, 3.8) is 0 Å². The topological polar surface area (TPSA) is 39.1 Å². The van der Waals surface area contributed by atoms with Crippen molar-refractivity contribution in [2.24, 2.45) is 0 Å². The van der Waals surface area contributed by atoms with Gasteiger partial charge in [0.05, 0.1) is 27.5 Å². The van der Waals surface area contributed by atoms with Crippen molar-refractivity contribution in [3.8, 4) is 22.5 Å². The summed E-state index contributed by atoms with van der Waals surface area (Å²) in [4.78, 5) is 27.4. The van der Waals surface area contributed by atoms with Crippen LogP contribution in [-0.4, -0.2) is 16.1 Å². The maximum atomic E-state index is 13.7. The minimum atomic E-state index is -0.148. The Bertz CT molecular complexity index is 1450. The number of ketones is 2. The molecule has 31 heavy (non-hydrogen) atoms. The lowest BCUT2D eigenvalue weighted by molar-refractivity contribution is 0.0981. The molecule has 0 fully saturated rings. The fourth-order valence-corrected chi connectivity index (χ4v) is 5.37. The number of fused-ring (bicyclic) bond motifs is 6. The van der Waals surface area contributed by atoms with E-state index in [1.807, 2.05) is 24.3 Å². The Morgan fingerprint density at radius 2 is 1.26 bits per heavy atom. The molecule has 1 aliphatic heterocycles. The molecule has 0 amide bonds. The first-order valence-corrected chi connectivity index (χ1v) is 10.8. The van der Waals surface area contributed by atoms with Crippen molar-refractivity contribution in [1.29, 1.82) is 0 Å². The zero-order valence-electron chi connectivity index (χ0n) is 16.3. The zero-order chi connectivity index (χ0) is 21.3. The van der Waals surface area contributed by atoms with E-state index in [-0.39, 0.29) is 11.6 Å². The van der Waals surface area contributed by atoms with Crippen LogP contribution >= 0.6 is 23.2 Å². The highest BCUT2D eigenvalue weighted by Gasteiger charge is 2.40. The molecule has 150 valence electrons.